The molecule has 0 radical (unpaired) electrons. The van der Waals surface area contributed by atoms with E-state index < -0.39 is 7.95 Å². The van der Waals surface area contributed by atoms with Gasteiger partial charge in [-0.05, 0) is 26.7 Å². The summed E-state index contributed by atoms with van der Waals surface area (Å²) in [6.45, 7) is 11.7. The van der Waals surface area contributed by atoms with Crippen LogP contribution in [0.25, 0.3) is 0 Å². The molecule has 16 heavy (non-hydrogen) atoms. The van der Waals surface area contributed by atoms with E-state index in [0.717, 1.165) is 4.20 Å². The van der Waals surface area contributed by atoms with Gasteiger partial charge in [0.25, 0.3) is 0 Å². The van der Waals surface area contributed by atoms with Gasteiger partial charge in [0, 0.05) is 19.8 Å². The molecular weight excluding hydrogens is 260 g/mol. The molecule has 0 fully saturated rings. The molecule has 0 aromatic rings. The average Bonchev–Trinajstić information content (AvgIpc) is 2.18. The minimum atomic E-state index is -2.65. The Hall–Kier alpha value is 0.537. The van der Waals surface area contributed by atoms with Gasteiger partial charge in [0.15, 0.2) is 0 Å². The van der Waals surface area contributed by atoms with Crippen LogP contribution in [0.5, 0.6) is 0 Å². The van der Waals surface area contributed by atoms with Gasteiger partial charge in [-0.2, -0.15) is 0 Å². The highest BCUT2D eigenvalue weighted by Crippen LogP contribution is 2.29. The molecule has 0 aliphatic heterocycles. The maximum atomic E-state index is 5.70. The predicted molar refractivity (Wildman–Crippen MR) is 75.7 cm³/mol. The Labute approximate surface area is 109 Å². The van der Waals surface area contributed by atoms with Crippen molar-refractivity contribution >= 4 is 35.6 Å². The molecule has 0 unspecified atom stereocenters. The summed E-state index contributed by atoms with van der Waals surface area (Å²) in [6.07, 6.45) is 0. The maximum Gasteiger partial charge on any atom is 0.578 e. The minimum absolute atomic E-state index is 0.327. The van der Waals surface area contributed by atoms with Crippen LogP contribution in [0.2, 0.25) is 0 Å². The van der Waals surface area contributed by atoms with Crippen molar-refractivity contribution in [1.29, 1.82) is 0 Å². The van der Waals surface area contributed by atoms with Crippen LogP contribution in [0, 0.1) is 5.92 Å². The van der Waals surface area contributed by atoms with E-state index in [1.165, 1.54) is 11.2 Å². The van der Waals surface area contributed by atoms with E-state index in [1.54, 1.807) is 0 Å². The molecule has 0 saturated heterocycles. The van der Waals surface area contributed by atoms with E-state index in [0.29, 0.717) is 25.7 Å². The average molecular weight is 283 g/mol. The minimum Gasteiger partial charge on any atom is -0.365 e. The van der Waals surface area contributed by atoms with E-state index in [1.807, 2.05) is 20.8 Å². The van der Waals surface area contributed by atoms with Crippen LogP contribution in [0.4, 0.5) is 0 Å². The van der Waals surface area contributed by atoms with Gasteiger partial charge in [-0.15, -0.1) is 0 Å². The summed E-state index contributed by atoms with van der Waals surface area (Å²) in [6, 6.07) is 0. The second-order valence-corrected chi connectivity index (χ2v) is 8.70. The van der Waals surface area contributed by atoms with Crippen molar-refractivity contribution in [2.75, 3.05) is 19.8 Å². The molecule has 0 saturated carbocycles. The number of hydrogen-bond acceptors (Lipinski definition) is 5. The maximum absolute atomic E-state index is 5.70. The molecule has 6 heteroatoms. The van der Waals surface area contributed by atoms with Gasteiger partial charge in [0.1, 0.15) is 0 Å². The molecule has 0 atom stereocenters. The van der Waals surface area contributed by atoms with Crippen LogP contribution in [0.15, 0.2) is 0 Å². The van der Waals surface area contributed by atoms with Gasteiger partial charge >= 0.3 is 7.95 Å². The van der Waals surface area contributed by atoms with Crippen molar-refractivity contribution in [3.05, 3.63) is 0 Å². The SMILES string of the molecule is CCO[Si](OCC)(OCC)SC(=S)C(C)C. The Morgan fingerprint density at radius 3 is 1.69 bits per heavy atom. The molecule has 0 aromatic heterocycles. The zero-order valence-electron chi connectivity index (χ0n) is 10.7. The number of hydrogen-bond donors (Lipinski definition) is 0. The summed E-state index contributed by atoms with van der Waals surface area (Å²) in [4.78, 5) is 0. The van der Waals surface area contributed by atoms with Crippen molar-refractivity contribution in [2.45, 2.75) is 34.6 Å². The molecule has 0 bridgehead atoms. The summed E-state index contributed by atoms with van der Waals surface area (Å²) < 4.78 is 18.0. The first-order valence-corrected chi connectivity index (χ1v) is 9.33. The molecule has 96 valence electrons. The summed E-state index contributed by atoms with van der Waals surface area (Å²) >= 11 is 6.80. The smallest absolute Gasteiger partial charge is 0.365 e. The van der Waals surface area contributed by atoms with E-state index in [9.17, 15) is 0 Å². The molecule has 0 heterocycles. The van der Waals surface area contributed by atoms with Crippen molar-refractivity contribution in [2.24, 2.45) is 5.92 Å². The number of thiocarbonyl (C=S) groups is 1. The third-order valence-corrected chi connectivity index (χ3v) is 8.15. The zero-order valence-corrected chi connectivity index (χ0v) is 13.4. The normalized spacial score (nSPS) is 12.1. The standard InChI is InChI=1S/C10H22O3S2Si/c1-6-11-16(12-7-2,13-8-3)15-10(14)9(4)5/h9H,6-8H2,1-5H3. The molecule has 0 amide bonds. The van der Waals surface area contributed by atoms with Gasteiger partial charge in [-0.3, -0.25) is 0 Å². The molecule has 0 spiro atoms. The van der Waals surface area contributed by atoms with E-state index in [2.05, 4.69) is 13.8 Å². The fourth-order valence-corrected chi connectivity index (χ4v) is 6.91. The van der Waals surface area contributed by atoms with Crippen molar-refractivity contribution < 1.29 is 13.3 Å². The predicted octanol–water partition coefficient (Wildman–Crippen LogP) is 3.25. The first-order chi connectivity index (χ1) is 7.51. The lowest BCUT2D eigenvalue weighted by molar-refractivity contribution is 0.0969. The van der Waals surface area contributed by atoms with Crippen molar-refractivity contribution in [3.63, 3.8) is 0 Å². The monoisotopic (exact) mass is 282 g/mol. The fourth-order valence-electron chi connectivity index (χ4n) is 0.985. The van der Waals surface area contributed by atoms with Crippen LogP contribution in [-0.4, -0.2) is 32.0 Å². The summed E-state index contributed by atoms with van der Waals surface area (Å²) in [5.41, 5.74) is 0. The van der Waals surface area contributed by atoms with Crippen molar-refractivity contribution in [1.82, 2.24) is 0 Å². The van der Waals surface area contributed by atoms with Gasteiger partial charge in [0.05, 0.1) is 4.20 Å². The van der Waals surface area contributed by atoms with Gasteiger partial charge in [-0.25, -0.2) is 0 Å². The Kier molecular flexibility index (Phi) is 8.89. The fraction of sp³-hybridized carbons (Fsp3) is 0.900. The Bertz CT molecular complexity index is 195. The van der Waals surface area contributed by atoms with Gasteiger partial charge in [-0.1, -0.05) is 37.3 Å². The topological polar surface area (TPSA) is 27.7 Å². The first kappa shape index (κ1) is 16.5. The highest BCUT2D eigenvalue weighted by atomic mass is 32.4. The second kappa shape index (κ2) is 8.60. The highest BCUT2D eigenvalue weighted by molar-refractivity contribution is 8.42. The third-order valence-electron chi connectivity index (χ3n) is 1.66. The van der Waals surface area contributed by atoms with E-state index in [4.69, 9.17) is 25.5 Å². The third kappa shape index (κ3) is 5.74. The molecule has 0 rings (SSSR count). The largest absolute Gasteiger partial charge is 0.578 e. The van der Waals surface area contributed by atoms with Gasteiger partial charge < -0.3 is 13.3 Å². The van der Waals surface area contributed by atoms with Crippen LogP contribution >= 0.6 is 23.4 Å². The number of rotatable bonds is 8. The lowest BCUT2D eigenvalue weighted by Gasteiger charge is -2.27. The molecular formula is C10H22O3S2Si. The molecule has 0 N–H and O–H groups in total. The van der Waals surface area contributed by atoms with Crippen molar-refractivity contribution in [3.8, 4) is 0 Å². The van der Waals surface area contributed by atoms with E-state index >= 15 is 0 Å². The summed E-state index contributed by atoms with van der Waals surface area (Å²) in [7, 11) is -2.65. The van der Waals surface area contributed by atoms with Crippen LogP contribution in [0.1, 0.15) is 34.6 Å². The summed E-state index contributed by atoms with van der Waals surface area (Å²) in [5.74, 6) is 0.327. The Morgan fingerprint density at radius 2 is 1.44 bits per heavy atom. The summed E-state index contributed by atoms with van der Waals surface area (Å²) in [5, 5.41) is 0. The first-order valence-electron chi connectivity index (χ1n) is 5.66. The molecule has 3 nitrogen and oxygen atoms in total. The van der Waals surface area contributed by atoms with Crippen LogP contribution in [0.3, 0.4) is 0 Å². The Morgan fingerprint density at radius 1 is 1.06 bits per heavy atom. The molecule has 0 aromatic carbocycles. The second-order valence-electron chi connectivity index (χ2n) is 3.37. The molecule has 0 aliphatic rings. The highest BCUT2D eigenvalue weighted by Gasteiger charge is 2.44. The lowest BCUT2D eigenvalue weighted by atomic mass is 10.3. The van der Waals surface area contributed by atoms with E-state index in [-0.39, 0.29) is 0 Å². The van der Waals surface area contributed by atoms with Crippen LogP contribution < -0.4 is 0 Å². The quantitative estimate of drug-likeness (QED) is 0.503. The zero-order chi connectivity index (χ0) is 12.6. The van der Waals surface area contributed by atoms with Gasteiger partial charge in [0.2, 0.25) is 0 Å². The Balaban J connectivity index is 4.64. The lowest BCUT2D eigenvalue weighted by Crippen LogP contribution is -2.44. The molecule has 0 aliphatic carbocycles. The van der Waals surface area contributed by atoms with Crippen LogP contribution in [-0.2, 0) is 13.3 Å².